The zero-order valence-corrected chi connectivity index (χ0v) is 11.6. The smallest absolute Gasteiger partial charge is 0.182 e. The summed E-state index contributed by atoms with van der Waals surface area (Å²) in [5.74, 6) is 2.54. The van der Waals surface area contributed by atoms with Crippen molar-refractivity contribution in [2.24, 2.45) is 0 Å². The second kappa shape index (κ2) is 5.89. The third-order valence-electron chi connectivity index (χ3n) is 2.79. The summed E-state index contributed by atoms with van der Waals surface area (Å²) in [4.78, 5) is 10.4. The number of methoxy groups -OCH3 is 1. The van der Waals surface area contributed by atoms with Gasteiger partial charge in [-0.2, -0.15) is 5.26 Å². The molecule has 0 saturated carbocycles. The van der Waals surface area contributed by atoms with Gasteiger partial charge in [0, 0.05) is 24.9 Å². The van der Waals surface area contributed by atoms with Gasteiger partial charge in [0.25, 0.3) is 0 Å². The van der Waals surface area contributed by atoms with Crippen LogP contribution in [0.5, 0.6) is 5.75 Å². The lowest BCUT2D eigenvalue weighted by Crippen LogP contribution is -2.13. The van der Waals surface area contributed by atoms with Crippen LogP contribution in [0.4, 0.5) is 17.3 Å². The van der Waals surface area contributed by atoms with E-state index in [1.807, 2.05) is 42.4 Å². The number of rotatable bonds is 4. The average Bonchev–Trinajstić information content (AvgIpc) is 2.46. The van der Waals surface area contributed by atoms with E-state index in [0.29, 0.717) is 17.5 Å². The Bertz CT molecular complexity index is 650. The van der Waals surface area contributed by atoms with Crippen molar-refractivity contribution >= 4 is 17.3 Å². The molecule has 1 aromatic carbocycles. The number of hydrogen-bond donors (Lipinski definition) is 1. The molecule has 2 rings (SSSR count). The summed E-state index contributed by atoms with van der Waals surface area (Å²) in [6.07, 6.45) is 1.86. The Balaban J connectivity index is 2.37. The van der Waals surface area contributed by atoms with Crippen LogP contribution >= 0.6 is 0 Å². The van der Waals surface area contributed by atoms with Crippen LogP contribution in [0.2, 0.25) is 0 Å². The molecule has 0 bridgehead atoms. The monoisotopic (exact) mass is 269 g/mol. The zero-order valence-electron chi connectivity index (χ0n) is 11.6. The zero-order chi connectivity index (χ0) is 14.5. The van der Waals surface area contributed by atoms with Gasteiger partial charge >= 0.3 is 0 Å². The first-order valence-electron chi connectivity index (χ1n) is 6.02. The topological polar surface area (TPSA) is 74.1 Å². The largest absolute Gasteiger partial charge is 0.497 e. The van der Waals surface area contributed by atoms with Crippen LogP contribution in [-0.4, -0.2) is 24.1 Å². The lowest BCUT2D eigenvalue weighted by atomic mass is 10.2. The summed E-state index contributed by atoms with van der Waals surface area (Å²) in [5.41, 5.74) is 0.936. The number of aromatic nitrogens is 2. The minimum atomic E-state index is 0.477. The Morgan fingerprint density at radius 2 is 2.10 bits per heavy atom. The van der Waals surface area contributed by atoms with Crippen molar-refractivity contribution in [3.8, 4) is 11.9 Å². The fourth-order valence-corrected chi connectivity index (χ4v) is 1.80. The Kier molecular flexibility index (Phi) is 4.01. The predicted octanol–water partition coefficient (Wildman–Crippen LogP) is 2.45. The first kappa shape index (κ1) is 13.6. The fraction of sp³-hybridized carbons (Fsp3) is 0.214. The number of benzene rings is 1. The standard InChI is InChI=1S/C14H15N5O/c1-10-17-13(16-9-15)8-14(18-10)19(2)11-5-4-6-12(7-11)20-3/h4-8H,1-3H3,(H,16,17,18). The molecule has 0 saturated heterocycles. The van der Waals surface area contributed by atoms with Gasteiger partial charge < -0.3 is 9.64 Å². The van der Waals surface area contributed by atoms with Gasteiger partial charge in [0.1, 0.15) is 23.2 Å². The van der Waals surface area contributed by atoms with Gasteiger partial charge in [0.2, 0.25) is 0 Å². The summed E-state index contributed by atoms with van der Waals surface area (Å²) in [6, 6.07) is 9.38. The van der Waals surface area contributed by atoms with E-state index in [9.17, 15) is 0 Å². The molecule has 1 aromatic heterocycles. The molecule has 102 valence electrons. The first-order chi connectivity index (χ1) is 9.63. The maximum absolute atomic E-state index is 8.67. The molecular weight excluding hydrogens is 254 g/mol. The van der Waals surface area contributed by atoms with Crippen molar-refractivity contribution in [2.75, 3.05) is 24.4 Å². The van der Waals surface area contributed by atoms with Gasteiger partial charge in [0.15, 0.2) is 6.19 Å². The van der Waals surface area contributed by atoms with Gasteiger partial charge in [-0.3, -0.25) is 5.32 Å². The number of aryl methyl sites for hydroxylation is 1. The van der Waals surface area contributed by atoms with E-state index in [4.69, 9.17) is 10.00 Å². The molecule has 0 unspecified atom stereocenters. The second-order valence-corrected chi connectivity index (χ2v) is 4.16. The Morgan fingerprint density at radius 3 is 2.80 bits per heavy atom. The fourth-order valence-electron chi connectivity index (χ4n) is 1.80. The first-order valence-corrected chi connectivity index (χ1v) is 6.02. The van der Waals surface area contributed by atoms with E-state index < -0.39 is 0 Å². The van der Waals surface area contributed by atoms with E-state index in [1.165, 1.54) is 0 Å². The molecule has 0 fully saturated rings. The molecule has 0 aliphatic carbocycles. The number of ether oxygens (including phenoxy) is 1. The lowest BCUT2D eigenvalue weighted by molar-refractivity contribution is 0.415. The summed E-state index contributed by atoms with van der Waals surface area (Å²) in [6.45, 7) is 1.78. The quantitative estimate of drug-likeness (QED) is 0.679. The molecule has 6 heteroatoms. The Hall–Kier alpha value is -2.81. The number of nitrogens with one attached hydrogen (secondary N) is 1. The average molecular weight is 269 g/mol. The molecule has 0 aliphatic heterocycles. The van der Waals surface area contributed by atoms with Gasteiger partial charge in [-0.1, -0.05) is 6.07 Å². The van der Waals surface area contributed by atoms with Crippen molar-refractivity contribution in [3.63, 3.8) is 0 Å². The molecule has 6 nitrogen and oxygen atoms in total. The van der Waals surface area contributed by atoms with Crippen molar-refractivity contribution in [3.05, 3.63) is 36.2 Å². The van der Waals surface area contributed by atoms with Crippen LogP contribution in [0.25, 0.3) is 0 Å². The van der Waals surface area contributed by atoms with Crippen LogP contribution in [0.3, 0.4) is 0 Å². The summed E-state index contributed by atoms with van der Waals surface area (Å²) >= 11 is 0. The SMILES string of the molecule is COc1cccc(N(C)c2cc(NC#N)nc(C)n2)c1. The van der Waals surface area contributed by atoms with Gasteiger partial charge in [-0.15, -0.1) is 0 Å². The van der Waals surface area contributed by atoms with E-state index in [1.54, 1.807) is 20.1 Å². The van der Waals surface area contributed by atoms with E-state index in [-0.39, 0.29) is 0 Å². The molecule has 1 N–H and O–H groups in total. The third-order valence-corrected chi connectivity index (χ3v) is 2.79. The number of nitriles is 1. The molecule has 20 heavy (non-hydrogen) atoms. The van der Waals surface area contributed by atoms with Gasteiger partial charge in [-0.25, -0.2) is 9.97 Å². The highest BCUT2D eigenvalue weighted by Crippen LogP contribution is 2.26. The second-order valence-electron chi connectivity index (χ2n) is 4.16. The Morgan fingerprint density at radius 1 is 1.30 bits per heavy atom. The van der Waals surface area contributed by atoms with Crippen LogP contribution in [0, 0.1) is 18.4 Å². The van der Waals surface area contributed by atoms with Crippen LogP contribution in [0.15, 0.2) is 30.3 Å². The molecule has 0 spiro atoms. The predicted molar refractivity (Wildman–Crippen MR) is 77.1 cm³/mol. The molecule has 2 aromatic rings. The van der Waals surface area contributed by atoms with Gasteiger partial charge in [0.05, 0.1) is 7.11 Å². The molecular formula is C14H15N5O. The molecule has 0 amide bonds. The van der Waals surface area contributed by atoms with Crippen molar-refractivity contribution < 1.29 is 4.74 Å². The van der Waals surface area contributed by atoms with Gasteiger partial charge in [-0.05, 0) is 19.1 Å². The summed E-state index contributed by atoms with van der Waals surface area (Å²) in [5, 5.41) is 11.2. The molecule has 1 heterocycles. The number of nitrogens with zero attached hydrogens (tertiary/aromatic N) is 4. The number of anilines is 3. The van der Waals surface area contributed by atoms with E-state index >= 15 is 0 Å². The molecule has 0 atom stereocenters. The van der Waals surface area contributed by atoms with Crippen LogP contribution < -0.4 is 15.0 Å². The minimum Gasteiger partial charge on any atom is -0.497 e. The highest BCUT2D eigenvalue weighted by molar-refractivity contribution is 5.63. The van der Waals surface area contributed by atoms with Crippen LogP contribution in [-0.2, 0) is 0 Å². The third kappa shape index (κ3) is 2.95. The minimum absolute atomic E-state index is 0.477. The van der Waals surface area contributed by atoms with Crippen molar-refractivity contribution in [2.45, 2.75) is 6.92 Å². The van der Waals surface area contributed by atoms with Crippen molar-refractivity contribution in [1.82, 2.24) is 9.97 Å². The molecule has 0 radical (unpaired) electrons. The summed E-state index contributed by atoms with van der Waals surface area (Å²) < 4.78 is 5.21. The Labute approximate surface area is 117 Å². The molecule has 0 aliphatic rings. The normalized spacial score (nSPS) is 9.70. The maximum atomic E-state index is 8.67. The lowest BCUT2D eigenvalue weighted by Gasteiger charge is -2.19. The van der Waals surface area contributed by atoms with E-state index in [0.717, 1.165) is 11.4 Å². The highest BCUT2D eigenvalue weighted by atomic mass is 16.5. The summed E-state index contributed by atoms with van der Waals surface area (Å²) in [7, 11) is 3.52. The number of hydrogen-bond acceptors (Lipinski definition) is 6. The maximum Gasteiger partial charge on any atom is 0.182 e. The van der Waals surface area contributed by atoms with Crippen molar-refractivity contribution in [1.29, 1.82) is 5.26 Å². The van der Waals surface area contributed by atoms with E-state index in [2.05, 4.69) is 15.3 Å². The highest BCUT2D eigenvalue weighted by Gasteiger charge is 2.09. The van der Waals surface area contributed by atoms with Crippen LogP contribution in [0.1, 0.15) is 5.82 Å².